The Labute approximate surface area is 209 Å². The molecule has 0 fully saturated rings. The lowest BCUT2D eigenvalue weighted by Crippen LogP contribution is -2.11. The number of tetrazole rings is 1. The minimum Gasteiger partial charge on any atom is -0.290 e. The van der Waals surface area contributed by atoms with Crippen molar-refractivity contribution < 1.29 is 4.79 Å². The molecule has 0 amide bonds. The van der Waals surface area contributed by atoms with E-state index in [-0.39, 0.29) is 11.6 Å². The van der Waals surface area contributed by atoms with Gasteiger partial charge in [0.05, 0.1) is 0 Å². The number of aromatic nitrogens is 7. The number of carbonyl (C=O) groups excluding carboxylic acids is 1. The molecule has 0 aliphatic heterocycles. The van der Waals surface area contributed by atoms with Crippen molar-refractivity contribution in [3.63, 3.8) is 0 Å². The van der Waals surface area contributed by atoms with Gasteiger partial charge in [0.2, 0.25) is 17.4 Å². The van der Waals surface area contributed by atoms with Crippen molar-refractivity contribution in [1.29, 1.82) is 0 Å². The van der Waals surface area contributed by atoms with Crippen LogP contribution in [0.5, 0.6) is 0 Å². The molecule has 0 unspecified atom stereocenters. The van der Waals surface area contributed by atoms with Crippen molar-refractivity contribution in [3.05, 3.63) is 102 Å². The molecule has 0 aliphatic carbocycles. The van der Waals surface area contributed by atoms with Crippen molar-refractivity contribution >= 4 is 5.78 Å². The van der Waals surface area contributed by atoms with Gasteiger partial charge < -0.3 is 0 Å². The zero-order valence-corrected chi connectivity index (χ0v) is 20.3. The summed E-state index contributed by atoms with van der Waals surface area (Å²) < 4.78 is 1.88. The molecule has 8 heteroatoms. The highest BCUT2D eigenvalue weighted by Gasteiger charge is 2.18. The van der Waals surface area contributed by atoms with Crippen LogP contribution in [0.25, 0.3) is 22.5 Å². The van der Waals surface area contributed by atoms with Crippen molar-refractivity contribution in [2.24, 2.45) is 5.92 Å². The number of nitrogens with one attached hydrogen (secondary N) is 1. The van der Waals surface area contributed by atoms with Crippen molar-refractivity contribution in [2.45, 2.75) is 33.2 Å². The zero-order valence-electron chi connectivity index (χ0n) is 20.3. The molecule has 2 heterocycles. The first-order valence-corrected chi connectivity index (χ1v) is 12.0. The molecular weight excluding hydrogens is 450 g/mol. The number of rotatable bonds is 9. The second-order valence-electron chi connectivity index (χ2n) is 9.17. The SMILES string of the molecule is CC(C)Cn1nc(C(=O)Cc2ccccc2)nc1Cc1ccc(-c2ccccc2-c2nn[nH]n2)cc1. The van der Waals surface area contributed by atoms with Gasteiger partial charge in [-0.2, -0.15) is 5.21 Å². The van der Waals surface area contributed by atoms with Gasteiger partial charge in [-0.25, -0.2) is 9.67 Å². The van der Waals surface area contributed by atoms with Crippen molar-refractivity contribution in [1.82, 2.24) is 35.4 Å². The monoisotopic (exact) mass is 477 g/mol. The summed E-state index contributed by atoms with van der Waals surface area (Å²) >= 11 is 0. The summed E-state index contributed by atoms with van der Waals surface area (Å²) in [6.07, 6.45) is 0.881. The molecule has 0 atom stereocenters. The zero-order chi connectivity index (χ0) is 24.9. The van der Waals surface area contributed by atoms with Gasteiger partial charge in [-0.3, -0.25) is 4.79 Å². The molecule has 2 aromatic heterocycles. The molecule has 0 bridgehead atoms. The molecule has 0 saturated heterocycles. The molecule has 180 valence electrons. The Hall–Kier alpha value is -4.46. The third-order valence-electron chi connectivity index (χ3n) is 5.88. The Bertz CT molecular complexity index is 1440. The predicted molar refractivity (Wildman–Crippen MR) is 137 cm³/mol. The molecule has 36 heavy (non-hydrogen) atoms. The first kappa shape index (κ1) is 23.3. The highest BCUT2D eigenvalue weighted by atomic mass is 16.1. The van der Waals surface area contributed by atoms with E-state index in [1.54, 1.807) is 0 Å². The van der Waals surface area contributed by atoms with Crippen LogP contribution in [0.3, 0.4) is 0 Å². The molecule has 0 aliphatic rings. The van der Waals surface area contributed by atoms with Gasteiger partial charge in [-0.1, -0.05) is 92.7 Å². The van der Waals surface area contributed by atoms with Crippen LogP contribution in [-0.2, 0) is 19.4 Å². The number of H-pyrrole nitrogens is 1. The highest BCUT2D eigenvalue weighted by Crippen LogP contribution is 2.30. The largest absolute Gasteiger partial charge is 0.290 e. The van der Waals surface area contributed by atoms with Crippen LogP contribution in [-0.4, -0.2) is 41.2 Å². The average molecular weight is 478 g/mol. The molecule has 0 radical (unpaired) electrons. The van der Waals surface area contributed by atoms with E-state index in [0.717, 1.165) is 33.6 Å². The van der Waals surface area contributed by atoms with Crippen LogP contribution < -0.4 is 0 Å². The minimum atomic E-state index is -0.0709. The molecule has 0 spiro atoms. The predicted octanol–water partition coefficient (Wildman–Crippen LogP) is 4.80. The van der Waals surface area contributed by atoms with Gasteiger partial charge in [0, 0.05) is 24.9 Å². The Morgan fingerprint density at radius 1 is 0.889 bits per heavy atom. The third kappa shape index (κ3) is 5.27. The molecule has 5 aromatic rings. The van der Waals surface area contributed by atoms with E-state index >= 15 is 0 Å². The second kappa shape index (κ2) is 10.4. The summed E-state index contributed by atoms with van der Waals surface area (Å²) in [5, 5.41) is 19.0. The lowest BCUT2D eigenvalue weighted by Gasteiger charge is -2.10. The number of benzene rings is 3. The normalized spacial score (nSPS) is 11.2. The minimum absolute atomic E-state index is 0.0709. The number of carbonyl (C=O) groups is 1. The molecule has 8 nitrogen and oxygen atoms in total. The first-order chi connectivity index (χ1) is 17.6. The van der Waals surface area contributed by atoms with E-state index < -0.39 is 0 Å². The Morgan fingerprint density at radius 3 is 2.31 bits per heavy atom. The summed E-state index contributed by atoms with van der Waals surface area (Å²) in [4.78, 5) is 17.6. The topological polar surface area (TPSA) is 102 Å². The molecular formula is C28H27N7O. The highest BCUT2D eigenvalue weighted by molar-refractivity contribution is 5.94. The van der Waals surface area contributed by atoms with Crippen LogP contribution >= 0.6 is 0 Å². The maximum atomic E-state index is 12.9. The van der Waals surface area contributed by atoms with E-state index in [1.165, 1.54) is 0 Å². The smallest absolute Gasteiger partial charge is 0.217 e. The van der Waals surface area contributed by atoms with E-state index in [1.807, 2.05) is 59.3 Å². The second-order valence-corrected chi connectivity index (χ2v) is 9.17. The van der Waals surface area contributed by atoms with Crippen molar-refractivity contribution in [3.8, 4) is 22.5 Å². The lowest BCUT2D eigenvalue weighted by molar-refractivity contribution is 0.0982. The van der Waals surface area contributed by atoms with Crippen LogP contribution in [0.4, 0.5) is 0 Å². The van der Waals surface area contributed by atoms with Crippen LogP contribution in [0.2, 0.25) is 0 Å². The van der Waals surface area contributed by atoms with Crippen LogP contribution in [0.1, 0.15) is 41.4 Å². The number of hydrogen-bond acceptors (Lipinski definition) is 6. The number of aromatic amines is 1. The maximum Gasteiger partial charge on any atom is 0.217 e. The third-order valence-corrected chi connectivity index (χ3v) is 5.88. The van der Waals surface area contributed by atoms with Crippen LogP contribution in [0, 0.1) is 5.92 Å². The summed E-state index contributed by atoms with van der Waals surface area (Å²) in [5.41, 5.74) is 5.05. The number of ketones is 1. The fourth-order valence-electron chi connectivity index (χ4n) is 4.17. The number of Topliss-reactive ketones (excluding diaryl/α,β-unsaturated/α-hetero) is 1. The lowest BCUT2D eigenvalue weighted by atomic mass is 9.98. The summed E-state index contributed by atoms with van der Waals surface area (Å²) in [7, 11) is 0. The average Bonchev–Trinajstić information content (AvgIpc) is 3.56. The molecule has 1 N–H and O–H groups in total. The van der Waals surface area contributed by atoms with Gasteiger partial charge in [0.25, 0.3) is 0 Å². The fraction of sp³-hybridized carbons (Fsp3) is 0.214. The standard InChI is InChI=1S/C28H27N7O/c1-19(2)18-35-26(29-28(32-35)25(36)16-20-8-4-3-5-9-20)17-21-12-14-22(15-13-21)23-10-6-7-11-24(23)27-30-33-34-31-27/h3-15,19H,16-18H2,1-2H3,(H,30,31,33,34). The first-order valence-electron chi connectivity index (χ1n) is 12.0. The van der Waals surface area contributed by atoms with Crippen LogP contribution in [0.15, 0.2) is 78.9 Å². The Kier molecular flexibility index (Phi) is 6.75. The molecule has 3 aromatic carbocycles. The van der Waals surface area contributed by atoms with Gasteiger partial charge in [-0.05, 0) is 33.4 Å². The Balaban J connectivity index is 1.38. The summed E-state index contributed by atoms with van der Waals surface area (Å²) in [6, 6.07) is 26.0. The summed E-state index contributed by atoms with van der Waals surface area (Å²) in [5.74, 6) is 1.94. The summed E-state index contributed by atoms with van der Waals surface area (Å²) in [6.45, 7) is 4.97. The maximum absolute atomic E-state index is 12.9. The number of hydrogen-bond donors (Lipinski definition) is 1. The van der Waals surface area contributed by atoms with Crippen molar-refractivity contribution in [2.75, 3.05) is 0 Å². The van der Waals surface area contributed by atoms with Gasteiger partial charge in [-0.15, -0.1) is 15.3 Å². The molecule has 5 rings (SSSR count). The fourth-order valence-corrected chi connectivity index (χ4v) is 4.17. The van der Waals surface area contributed by atoms with Gasteiger partial charge in [0.15, 0.2) is 0 Å². The molecule has 0 saturated carbocycles. The van der Waals surface area contributed by atoms with Gasteiger partial charge in [0.1, 0.15) is 5.82 Å². The Morgan fingerprint density at radius 2 is 1.61 bits per heavy atom. The van der Waals surface area contributed by atoms with E-state index in [2.05, 4.69) is 68.8 Å². The van der Waals surface area contributed by atoms with E-state index in [4.69, 9.17) is 0 Å². The number of nitrogens with zero attached hydrogens (tertiary/aromatic N) is 6. The van der Waals surface area contributed by atoms with E-state index in [9.17, 15) is 4.79 Å². The quantitative estimate of drug-likeness (QED) is 0.306. The van der Waals surface area contributed by atoms with Gasteiger partial charge >= 0.3 is 0 Å². The van der Waals surface area contributed by atoms with E-state index in [0.29, 0.717) is 31.1 Å².